The molecule has 0 saturated carbocycles. The third-order valence-electron chi connectivity index (χ3n) is 5.07. The molecule has 0 aliphatic rings. The molecule has 0 aliphatic heterocycles. The van der Waals surface area contributed by atoms with E-state index in [-0.39, 0.29) is 28.8 Å². The summed E-state index contributed by atoms with van der Waals surface area (Å²) in [7, 11) is 0. The van der Waals surface area contributed by atoms with Gasteiger partial charge in [0.25, 0.3) is 11.8 Å². The maximum Gasteiger partial charge on any atom is 0.345 e. The predicted octanol–water partition coefficient (Wildman–Crippen LogP) is 5.25. The van der Waals surface area contributed by atoms with Crippen molar-refractivity contribution in [1.29, 1.82) is 0 Å². The minimum atomic E-state index is -0.638. The molecule has 0 heterocycles. The zero-order chi connectivity index (χ0) is 25.5. The highest BCUT2D eigenvalue weighted by Gasteiger charge is 2.14. The number of fused-ring (bicyclic) bond motifs is 1. The van der Waals surface area contributed by atoms with Crippen LogP contribution in [0.25, 0.3) is 10.8 Å². The smallest absolute Gasteiger partial charge is 0.345 e. The standard InChI is InChI=1S/C27H19Cl2N3O4/c28-19-11-12-23(24(29)14-19)27(35)36-20-8-3-5-17(13-20)15-31-32-25(33)16-30-26(34)22-10-4-7-18-6-1-2-9-21(18)22/h1-15H,16H2,(H,30,34)(H,32,33)/b31-15+. The van der Waals surface area contributed by atoms with E-state index in [4.69, 9.17) is 27.9 Å². The maximum atomic E-state index is 12.5. The van der Waals surface area contributed by atoms with E-state index in [9.17, 15) is 14.4 Å². The van der Waals surface area contributed by atoms with Gasteiger partial charge in [0.05, 0.1) is 23.3 Å². The summed E-state index contributed by atoms with van der Waals surface area (Å²) in [4.78, 5) is 37.1. The minimum absolute atomic E-state index is 0.179. The summed E-state index contributed by atoms with van der Waals surface area (Å²) in [6.07, 6.45) is 1.39. The number of benzene rings is 4. The number of hydrazone groups is 1. The Balaban J connectivity index is 1.31. The lowest BCUT2D eigenvalue weighted by Gasteiger charge is -2.07. The van der Waals surface area contributed by atoms with Gasteiger partial charge in [-0.05, 0) is 52.7 Å². The zero-order valence-corrected chi connectivity index (χ0v) is 20.2. The highest BCUT2D eigenvalue weighted by Crippen LogP contribution is 2.23. The van der Waals surface area contributed by atoms with Crippen molar-refractivity contribution in [3.63, 3.8) is 0 Å². The van der Waals surface area contributed by atoms with Gasteiger partial charge in [-0.15, -0.1) is 0 Å². The van der Waals surface area contributed by atoms with Gasteiger partial charge in [0.2, 0.25) is 0 Å². The van der Waals surface area contributed by atoms with Crippen molar-refractivity contribution in [3.05, 3.63) is 112 Å². The molecule has 7 nitrogen and oxygen atoms in total. The van der Waals surface area contributed by atoms with Crippen LogP contribution in [-0.2, 0) is 4.79 Å². The Morgan fingerprint density at radius 2 is 1.64 bits per heavy atom. The molecular weight excluding hydrogens is 501 g/mol. The molecule has 0 bridgehead atoms. The van der Waals surface area contributed by atoms with Gasteiger partial charge < -0.3 is 10.1 Å². The summed E-state index contributed by atoms with van der Waals surface area (Å²) in [6, 6.07) is 23.9. The first-order valence-corrected chi connectivity index (χ1v) is 11.5. The van der Waals surface area contributed by atoms with Gasteiger partial charge >= 0.3 is 5.97 Å². The Morgan fingerprint density at radius 3 is 2.47 bits per heavy atom. The number of halogens is 2. The fourth-order valence-electron chi connectivity index (χ4n) is 3.37. The van der Waals surface area contributed by atoms with Crippen molar-refractivity contribution in [1.82, 2.24) is 10.7 Å². The zero-order valence-electron chi connectivity index (χ0n) is 18.7. The molecule has 0 aromatic heterocycles. The Hall–Kier alpha value is -4.20. The Morgan fingerprint density at radius 1 is 0.861 bits per heavy atom. The Kier molecular flexibility index (Phi) is 7.95. The third kappa shape index (κ3) is 6.27. The van der Waals surface area contributed by atoms with Crippen LogP contribution in [-0.4, -0.2) is 30.5 Å². The van der Waals surface area contributed by atoms with E-state index in [0.29, 0.717) is 16.1 Å². The van der Waals surface area contributed by atoms with Crippen LogP contribution in [0, 0.1) is 0 Å². The first kappa shape index (κ1) is 24.9. The molecule has 0 aliphatic carbocycles. The van der Waals surface area contributed by atoms with E-state index in [0.717, 1.165) is 10.8 Å². The van der Waals surface area contributed by atoms with Crippen LogP contribution < -0.4 is 15.5 Å². The second-order valence-corrected chi connectivity index (χ2v) is 8.43. The topological polar surface area (TPSA) is 96.9 Å². The second-order valence-electron chi connectivity index (χ2n) is 7.59. The summed E-state index contributed by atoms with van der Waals surface area (Å²) in [5.41, 5.74) is 3.58. The van der Waals surface area contributed by atoms with E-state index in [1.54, 1.807) is 42.5 Å². The maximum absolute atomic E-state index is 12.5. The molecule has 2 amide bonds. The van der Waals surface area contributed by atoms with Crippen LogP contribution in [0.15, 0.2) is 90.0 Å². The SMILES string of the molecule is O=C(CNC(=O)c1cccc2ccccc12)N/N=C/c1cccc(OC(=O)c2ccc(Cl)cc2Cl)c1. The van der Waals surface area contributed by atoms with Crippen LogP contribution in [0.1, 0.15) is 26.3 Å². The van der Waals surface area contributed by atoms with E-state index >= 15 is 0 Å². The summed E-state index contributed by atoms with van der Waals surface area (Å²) in [5, 5.41) is 8.81. The molecule has 2 N–H and O–H groups in total. The number of amides is 2. The van der Waals surface area contributed by atoms with E-state index in [1.807, 2.05) is 30.3 Å². The van der Waals surface area contributed by atoms with Gasteiger partial charge in [0.15, 0.2) is 0 Å². The molecule has 0 spiro atoms. The molecule has 180 valence electrons. The molecule has 0 fully saturated rings. The van der Waals surface area contributed by atoms with Crippen LogP contribution in [0.5, 0.6) is 5.75 Å². The first-order chi connectivity index (χ1) is 17.4. The van der Waals surface area contributed by atoms with Gasteiger partial charge in [0, 0.05) is 10.6 Å². The molecule has 0 atom stereocenters. The van der Waals surface area contributed by atoms with Crippen LogP contribution in [0.2, 0.25) is 10.0 Å². The van der Waals surface area contributed by atoms with Crippen molar-refractivity contribution in [2.45, 2.75) is 0 Å². The number of hydrogen-bond acceptors (Lipinski definition) is 5. The van der Waals surface area contributed by atoms with Crippen molar-refractivity contribution in [3.8, 4) is 5.75 Å². The highest BCUT2D eigenvalue weighted by atomic mass is 35.5. The summed E-state index contributed by atoms with van der Waals surface area (Å²) in [5.74, 6) is -1.23. The normalized spacial score (nSPS) is 10.8. The molecule has 0 unspecified atom stereocenters. The number of nitrogens with zero attached hydrogens (tertiary/aromatic N) is 1. The number of carbonyl (C=O) groups is 3. The van der Waals surface area contributed by atoms with E-state index < -0.39 is 11.9 Å². The fraction of sp³-hybridized carbons (Fsp3) is 0.0370. The average Bonchev–Trinajstić information content (AvgIpc) is 2.87. The number of nitrogens with one attached hydrogen (secondary N) is 2. The third-order valence-corrected chi connectivity index (χ3v) is 5.61. The van der Waals surface area contributed by atoms with Gasteiger partial charge in [-0.1, -0.05) is 71.7 Å². The lowest BCUT2D eigenvalue weighted by Crippen LogP contribution is -2.35. The lowest BCUT2D eigenvalue weighted by atomic mass is 10.0. The number of ether oxygens (including phenoxy) is 1. The lowest BCUT2D eigenvalue weighted by molar-refractivity contribution is -0.120. The van der Waals surface area contributed by atoms with Crippen molar-refractivity contribution >= 4 is 58.0 Å². The molecule has 4 aromatic carbocycles. The summed E-state index contributed by atoms with van der Waals surface area (Å²) >= 11 is 11.9. The van der Waals surface area contributed by atoms with Gasteiger partial charge in [-0.3, -0.25) is 9.59 Å². The van der Waals surface area contributed by atoms with E-state index in [1.165, 1.54) is 18.3 Å². The minimum Gasteiger partial charge on any atom is -0.423 e. The highest BCUT2D eigenvalue weighted by molar-refractivity contribution is 6.36. The molecule has 36 heavy (non-hydrogen) atoms. The van der Waals surface area contributed by atoms with Crippen molar-refractivity contribution in [2.24, 2.45) is 5.10 Å². The van der Waals surface area contributed by atoms with Gasteiger partial charge in [0.1, 0.15) is 5.75 Å². The second kappa shape index (κ2) is 11.5. The van der Waals surface area contributed by atoms with Crippen molar-refractivity contribution < 1.29 is 19.1 Å². The monoisotopic (exact) mass is 519 g/mol. The van der Waals surface area contributed by atoms with Gasteiger partial charge in [-0.25, -0.2) is 10.2 Å². The molecule has 9 heteroatoms. The van der Waals surface area contributed by atoms with E-state index in [2.05, 4.69) is 15.8 Å². The number of hydrogen-bond donors (Lipinski definition) is 2. The van der Waals surface area contributed by atoms with Crippen molar-refractivity contribution in [2.75, 3.05) is 6.54 Å². The summed E-state index contributed by atoms with van der Waals surface area (Å²) in [6.45, 7) is -0.251. The Labute approximate surface area is 216 Å². The van der Waals surface area contributed by atoms with Crippen LogP contribution in [0.4, 0.5) is 0 Å². The molecule has 4 rings (SSSR count). The molecule has 0 saturated heterocycles. The average molecular weight is 520 g/mol. The fourth-order valence-corrected chi connectivity index (χ4v) is 3.86. The number of rotatable bonds is 7. The molecular formula is C27H19Cl2N3O4. The molecule has 0 radical (unpaired) electrons. The number of esters is 1. The summed E-state index contributed by atoms with van der Waals surface area (Å²) < 4.78 is 5.36. The van der Waals surface area contributed by atoms with Gasteiger partial charge in [-0.2, -0.15) is 5.10 Å². The van der Waals surface area contributed by atoms with Crippen LogP contribution >= 0.6 is 23.2 Å². The first-order valence-electron chi connectivity index (χ1n) is 10.8. The Bertz CT molecular complexity index is 1480. The largest absolute Gasteiger partial charge is 0.423 e. The molecule has 4 aromatic rings. The quantitative estimate of drug-likeness (QED) is 0.151. The predicted molar refractivity (Wildman–Crippen MR) is 140 cm³/mol. The van der Waals surface area contributed by atoms with Crippen LogP contribution in [0.3, 0.4) is 0 Å². The number of carbonyl (C=O) groups excluding carboxylic acids is 3.